The van der Waals surface area contributed by atoms with Gasteiger partial charge in [0.2, 0.25) is 0 Å². The average molecular weight is 217 g/mol. The molecule has 0 saturated carbocycles. The van der Waals surface area contributed by atoms with Gasteiger partial charge in [0.15, 0.2) is 0 Å². The number of rotatable bonds is 3. The minimum absolute atomic E-state index is 0.0150. The van der Waals surface area contributed by atoms with Crippen molar-refractivity contribution in [3.8, 4) is 0 Å². The highest BCUT2D eigenvalue weighted by Crippen LogP contribution is 2.22. The lowest BCUT2D eigenvalue weighted by Gasteiger charge is -2.26. The van der Waals surface area contributed by atoms with Crippen molar-refractivity contribution in [2.24, 2.45) is 0 Å². The van der Waals surface area contributed by atoms with Gasteiger partial charge in [-0.05, 0) is 5.57 Å². The summed E-state index contributed by atoms with van der Waals surface area (Å²) in [4.78, 5) is 0. The summed E-state index contributed by atoms with van der Waals surface area (Å²) in [6, 6.07) is 0.0150. The molecule has 4 heteroatoms. The van der Waals surface area contributed by atoms with Gasteiger partial charge in [-0.3, -0.25) is 0 Å². The molecule has 1 saturated heterocycles. The SMILES string of the molecule is C=C/C(=C(/Cl)C(=C)F)C1CNCCN1. The van der Waals surface area contributed by atoms with E-state index in [2.05, 4.69) is 23.8 Å². The van der Waals surface area contributed by atoms with E-state index in [0.717, 1.165) is 19.6 Å². The predicted octanol–water partition coefficient (Wildman–Crippen LogP) is 1.71. The second-order valence-corrected chi connectivity index (χ2v) is 3.47. The third-order valence-electron chi connectivity index (χ3n) is 2.13. The molecule has 2 nitrogen and oxygen atoms in total. The van der Waals surface area contributed by atoms with Gasteiger partial charge < -0.3 is 10.6 Å². The van der Waals surface area contributed by atoms with Crippen molar-refractivity contribution in [2.75, 3.05) is 19.6 Å². The Bertz CT molecular complexity index is 267. The molecule has 0 amide bonds. The summed E-state index contributed by atoms with van der Waals surface area (Å²) in [7, 11) is 0. The zero-order chi connectivity index (χ0) is 10.6. The molecule has 2 N–H and O–H groups in total. The van der Waals surface area contributed by atoms with E-state index in [1.165, 1.54) is 0 Å². The molecular formula is C10H14ClFN2. The normalized spacial score (nSPS) is 24.0. The summed E-state index contributed by atoms with van der Waals surface area (Å²) in [5.41, 5.74) is 0.659. The van der Waals surface area contributed by atoms with Crippen molar-refractivity contribution >= 4 is 11.6 Å². The Hall–Kier alpha value is -0.640. The fraction of sp³-hybridized carbons (Fsp3) is 0.400. The summed E-state index contributed by atoms with van der Waals surface area (Å²) in [6.45, 7) is 9.27. The molecule has 14 heavy (non-hydrogen) atoms. The standard InChI is InChI=1S/C10H14ClFN2/c1-3-8(10(11)7(2)12)9-6-13-4-5-14-9/h3,9,13-14H,1-2,4-6H2/b10-8-. The monoisotopic (exact) mass is 216 g/mol. The van der Waals surface area contributed by atoms with E-state index in [4.69, 9.17) is 11.6 Å². The van der Waals surface area contributed by atoms with Crippen molar-refractivity contribution < 1.29 is 4.39 Å². The van der Waals surface area contributed by atoms with Crippen LogP contribution in [0.25, 0.3) is 0 Å². The molecule has 1 atom stereocenters. The summed E-state index contributed by atoms with van der Waals surface area (Å²) in [6.07, 6.45) is 1.57. The van der Waals surface area contributed by atoms with Crippen LogP contribution >= 0.6 is 11.6 Å². The van der Waals surface area contributed by atoms with E-state index in [9.17, 15) is 4.39 Å². The highest BCUT2D eigenvalue weighted by atomic mass is 35.5. The van der Waals surface area contributed by atoms with Gasteiger partial charge in [-0.2, -0.15) is 0 Å². The van der Waals surface area contributed by atoms with Gasteiger partial charge in [0, 0.05) is 25.7 Å². The van der Waals surface area contributed by atoms with Crippen molar-refractivity contribution in [3.63, 3.8) is 0 Å². The summed E-state index contributed by atoms with van der Waals surface area (Å²) >= 11 is 5.78. The molecule has 0 aromatic rings. The van der Waals surface area contributed by atoms with Crippen LogP contribution in [0.4, 0.5) is 4.39 Å². The fourth-order valence-electron chi connectivity index (χ4n) is 1.41. The lowest BCUT2D eigenvalue weighted by Crippen LogP contribution is -2.49. The Morgan fingerprint density at radius 1 is 1.50 bits per heavy atom. The third-order valence-corrected chi connectivity index (χ3v) is 2.55. The number of halogens is 2. The number of piperazine rings is 1. The zero-order valence-corrected chi connectivity index (χ0v) is 8.70. The van der Waals surface area contributed by atoms with E-state index < -0.39 is 5.83 Å². The van der Waals surface area contributed by atoms with Crippen molar-refractivity contribution in [2.45, 2.75) is 6.04 Å². The Labute approximate surface area is 88.5 Å². The number of allylic oxidation sites excluding steroid dienone is 2. The number of hydrogen-bond acceptors (Lipinski definition) is 2. The van der Waals surface area contributed by atoms with Gasteiger partial charge in [0.25, 0.3) is 0 Å². The van der Waals surface area contributed by atoms with Crippen LogP contribution < -0.4 is 10.6 Å². The Balaban J connectivity index is 2.83. The van der Waals surface area contributed by atoms with E-state index in [-0.39, 0.29) is 11.1 Å². The molecule has 78 valence electrons. The largest absolute Gasteiger partial charge is 0.314 e. The smallest absolute Gasteiger partial charge is 0.134 e. The molecule has 0 radical (unpaired) electrons. The second-order valence-electron chi connectivity index (χ2n) is 3.09. The first kappa shape index (κ1) is 11.4. The molecule has 1 aliphatic rings. The van der Waals surface area contributed by atoms with Crippen LogP contribution in [0.1, 0.15) is 0 Å². The van der Waals surface area contributed by atoms with E-state index in [0.29, 0.717) is 5.57 Å². The van der Waals surface area contributed by atoms with Gasteiger partial charge in [0.05, 0.1) is 5.03 Å². The molecule has 0 aromatic carbocycles. The Kier molecular flexibility index (Phi) is 4.32. The maximum atomic E-state index is 12.8. The number of hydrogen-bond donors (Lipinski definition) is 2. The van der Waals surface area contributed by atoms with Crippen LogP contribution in [-0.4, -0.2) is 25.7 Å². The first-order valence-corrected chi connectivity index (χ1v) is 4.85. The first-order valence-electron chi connectivity index (χ1n) is 4.47. The molecule has 0 spiro atoms. The van der Waals surface area contributed by atoms with Gasteiger partial charge in [-0.1, -0.05) is 30.8 Å². The van der Waals surface area contributed by atoms with Crippen LogP contribution in [-0.2, 0) is 0 Å². The summed E-state index contributed by atoms with van der Waals surface area (Å²) in [5, 5.41) is 6.47. The van der Waals surface area contributed by atoms with Gasteiger partial charge >= 0.3 is 0 Å². The Morgan fingerprint density at radius 3 is 2.64 bits per heavy atom. The average Bonchev–Trinajstić information content (AvgIpc) is 2.20. The minimum atomic E-state index is -0.617. The molecule has 0 bridgehead atoms. The van der Waals surface area contributed by atoms with Crippen molar-refractivity contribution in [1.82, 2.24) is 10.6 Å². The van der Waals surface area contributed by atoms with Crippen molar-refractivity contribution in [1.29, 1.82) is 0 Å². The molecular weight excluding hydrogens is 203 g/mol. The number of nitrogens with one attached hydrogen (secondary N) is 2. The maximum absolute atomic E-state index is 12.8. The molecule has 0 aromatic heterocycles. The van der Waals surface area contributed by atoms with E-state index in [1.54, 1.807) is 6.08 Å². The van der Waals surface area contributed by atoms with Crippen LogP contribution in [0.3, 0.4) is 0 Å². The second kappa shape index (κ2) is 5.29. The maximum Gasteiger partial charge on any atom is 0.134 e. The lowest BCUT2D eigenvalue weighted by atomic mass is 10.0. The molecule has 1 aliphatic heterocycles. The van der Waals surface area contributed by atoms with Gasteiger partial charge in [-0.15, -0.1) is 0 Å². The van der Waals surface area contributed by atoms with Gasteiger partial charge in [0.1, 0.15) is 5.83 Å². The fourth-order valence-corrected chi connectivity index (χ4v) is 1.62. The Morgan fingerprint density at radius 2 is 2.21 bits per heavy atom. The quantitative estimate of drug-likeness (QED) is 0.702. The topological polar surface area (TPSA) is 24.1 Å². The summed E-state index contributed by atoms with van der Waals surface area (Å²) in [5.74, 6) is -0.617. The minimum Gasteiger partial charge on any atom is -0.314 e. The molecule has 1 unspecified atom stereocenters. The van der Waals surface area contributed by atoms with E-state index in [1.807, 2.05) is 0 Å². The molecule has 0 aliphatic carbocycles. The van der Waals surface area contributed by atoms with Gasteiger partial charge in [-0.25, -0.2) is 4.39 Å². The first-order chi connectivity index (χ1) is 6.66. The summed E-state index contributed by atoms with van der Waals surface area (Å²) < 4.78 is 12.8. The van der Waals surface area contributed by atoms with Crippen molar-refractivity contribution in [3.05, 3.63) is 35.7 Å². The van der Waals surface area contributed by atoms with Crippen LogP contribution in [0, 0.1) is 0 Å². The predicted molar refractivity (Wildman–Crippen MR) is 58.0 cm³/mol. The van der Waals surface area contributed by atoms with Crippen LogP contribution in [0.15, 0.2) is 35.7 Å². The highest BCUT2D eigenvalue weighted by molar-refractivity contribution is 6.32. The van der Waals surface area contributed by atoms with Crippen LogP contribution in [0.5, 0.6) is 0 Å². The third kappa shape index (κ3) is 2.67. The van der Waals surface area contributed by atoms with E-state index >= 15 is 0 Å². The molecule has 1 fully saturated rings. The molecule has 1 rings (SSSR count). The highest BCUT2D eigenvalue weighted by Gasteiger charge is 2.18. The van der Waals surface area contributed by atoms with Crippen LogP contribution in [0.2, 0.25) is 0 Å². The lowest BCUT2D eigenvalue weighted by molar-refractivity contribution is 0.460. The zero-order valence-electron chi connectivity index (χ0n) is 7.95. The molecule has 1 heterocycles.